The largest absolute Gasteiger partial charge is 0.356 e. The molecular weight excluding hydrogens is 354 g/mol. The maximum atomic E-state index is 12.5. The second-order valence-corrected chi connectivity index (χ2v) is 8.97. The number of hydrogen-bond donors (Lipinski definition) is 1. The summed E-state index contributed by atoms with van der Waals surface area (Å²) in [4.78, 5) is 22.4. The first-order chi connectivity index (χ1) is 12.6. The summed E-state index contributed by atoms with van der Waals surface area (Å²) < 4.78 is 26.5. The van der Waals surface area contributed by atoms with Crippen molar-refractivity contribution in [3.8, 4) is 0 Å². The third-order valence-corrected chi connectivity index (χ3v) is 7.03. The molecule has 0 aromatic carbocycles. The Morgan fingerprint density at radius 2 is 1.77 bits per heavy atom. The first-order valence-electron chi connectivity index (χ1n) is 9.34. The van der Waals surface area contributed by atoms with Crippen LogP contribution in [0.4, 0.5) is 5.95 Å². The number of nitrogens with zero attached hydrogens (tertiary/aromatic N) is 4. The summed E-state index contributed by atoms with van der Waals surface area (Å²) in [6.45, 7) is 2.47. The molecule has 0 atom stereocenters. The van der Waals surface area contributed by atoms with Crippen molar-refractivity contribution >= 4 is 21.9 Å². The molecule has 1 aromatic heterocycles. The van der Waals surface area contributed by atoms with Gasteiger partial charge in [0.1, 0.15) is 0 Å². The molecule has 2 heterocycles. The third kappa shape index (κ3) is 4.91. The number of hydrogen-bond acceptors (Lipinski definition) is 6. The molecular formula is C17H27N5O3S. The molecule has 1 aliphatic heterocycles. The molecule has 144 valence electrons. The fraction of sp³-hybridized carbons (Fsp3) is 0.706. The second kappa shape index (κ2) is 8.77. The zero-order chi connectivity index (χ0) is 18.4. The minimum atomic E-state index is -3.29. The van der Waals surface area contributed by atoms with Crippen molar-refractivity contribution in [2.24, 2.45) is 5.92 Å². The molecule has 0 unspecified atom stereocenters. The predicted molar refractivity (Wildman–Crippen MR) is 99.2 cm³/mol. The van der Waals surface area contributed by atoms with E-state index in [2.05, 4.69) is 15.3 Å². The number of anilines is 1. The number of rotatable bonds is 7. The van der Waals surface area contributed by atoms with Crippen LogP contribution in [0.1, 0.15) is 32.1 Å². The molecule has 3 rings (SSSR count). The number of aromatic nitrogens is 2. The van der Waals surface area contributed by atoms with Gasteiger partial charge in [0.15, 0.2) is 0 Å². The van der Waals surface area contributed by atoms with Crippen molar-refractivity contribution in [3.05, 3.63) is 18.5 Å². The van der Waals surface area contributed by atoms with Gasteiger partial charge in [0.2, 0.25) is 21.9 Å². The normalized spacial score (nSPS) is 19.6. The van der Waals surface area contributed by atoms with E-state index in [9.17, 15) is 13.2 Å². The lowest BCUT2D eigenvalue weighted by Crippen LogP contribution is -2.50. The Labute approximate surface area is 155 Å². The number of carbonyl (C=O) groups is 1. The number of nitrogens with one attached hydrogen (secondary N) is 1. The average molecular weight is 382 g/mol. The van der Waals surface area contributed by atoms with E-state index in [1.807, 2.05) is 4.90 Å². The van der Waals surface area contributed by atoms with E-state index in [0.717, 1.165) is 25.7 Å². The van der Waals surface area contributed by atoms with Gasteiger partial charge in [-0.05, 0) is 25.3 Å². The number of carbonyl (C=O) groups excluding carboxylic acids is 1. The van der Waals surface area contributed by atoms with Gasteiger partial charge in [-0.2, -0.15) is 4.31 Å². The lowest BCUT2D eigenvalue weighted by Gasteiger charge is -2.33. The van der Waals surface area contributed by atoms with Crippen LogP contribution in [0.25, 0.3) is 0 Å². The van der Waals surface area contributed by atoms with Gasteiger partial charge >= 0.3 is 0 Å². The van der Waals surface area contributed by atoms with E-state index < -0.39 is 10.0 Å². The Bertz CT molecular complexity index is 684. The molecule has 0 radical (unpaired) electrons. The summed E-state index contributed by atoms with van der Waals surface area (Å²) in [5, 5.41) is 2.88. The highest BCUT2D eigenvalue weighted by Gasteiger charge is 2.27. The van der Waals surface area contributed by atoms with Gasteiger partial charge in [-0.1, -0.05) is 12.8 Å². The number of amides is 1. The van der Waals surface area contributed by atoms with Crippen molar-refractivity contribution in [1.82, 2.24) is 19.6 Å². The van der Waals surface area contributed by atoms with E-state index in [0.29, 0.717) is 45.1 Å². The topological polar surface area (TPSA) is 95.5 Å². The van der Waals surface area contributed by atoms with E-state index in [4.69, 9.17) is 0 Å². The molecule has 8 nitrogen and oxygen atoms in total. The van der Waals surface area contributed by atoms with Crippen LogP contribution in [0.2, 0.25) is 0 Å². The molecule has 1 saturated heterocycles. The van der Waals surface area contributed by atoms with Gasteiger partial charge in [0, 0.05) is 51.0 Å². The second-order valence-electron chi connectivity index (χ2n) is 6.88. The highest BCUT2D eigenvalue weighted by molar-refractivity contribution is 7.89. The fourth-order valence-corrected chi connectivity index (χ4v) is 5.04. The van der Waals surface area contributed by atoms with Crippen LogP contribution in [0, 0.1) is 5.92 Å². The maximum Gasteiger partial charge on any atom is 0.225 e. The molecule has 26 heavy (non-hydrogen) atoms. The van der Waals surface area contributed by atoms with Crippen LogP contribution in [-0.4, -0.2) is 67.1 Å². The van der Waals surface area contributed by atoms with Gasteiger partial charge in [-0.25, -0.2) is 18.4 Å². The summed E-state index contributed by atoms with van der Waals surface area (Å²) in [5.74, 6) is 0.912. The Morgan fingerprint density at radius 3 is 2.42 bits per heavy atom. The van der Waals surface area contributed by atoms with Gasteiger partial charge in [0.25, 0.3) is 0 Å². The smallest absolute Gasteiger partial charge is 0.225 e. The molecule has 9 heteroatoms. The number of piperazine rings is 1. The van der Waals surface area contributed by atoms with Crippen LogP contribution in [-0.2, 0) is 14.8 Å². The predicted octanol–water partition coefficient (Wildman–Crippen LogP) is 0.625. The molecule has 2 aliphatic rings. The molecule has 1 saturated carbocycles. The quantitative estimate of drug-likeness (QED) is 0.696. The first-order valence-corrected chi connectivity index (χ1v) is 10.9. The monoisotopic (exact) mass is 381 g/mol. The lowest BCUT2D eigenvalue weighted by atomic mass is 10.1. The van der Waals surface area contributed by atoms with Crippen molar-refractivity contribution in [2.45, 2.75) is 32.1 Å². The minimum Gasteiger partial charge on any atom is -0.356 e. The Kier molecular flexibility index (Phi) is 6.42. The third-order valence-electron chi connectivity index (χ3n) is 5.07. The van der Waals surface area contributed by atoms with E-state index in [-0.39, 0.29) is 17.6 Å². The Hall–Kier alpha value is -1.74. The van der Waals surface area contributed by atoms with Gasteiger partial charge < -0.3 is 10.2 Å². The Morgan fingerprint density at radius 1 is 1.12 bits per heavy atom. The average Bonchev–Trinajstić information content (AvgIpc) is 3.21. The zero-order valence-electron chi connectivity index (χ0n) is 15.0. The fourth-order valence-electron chi connectivity index (χ4n) is 3.55. The first kappa shape index (κ1) is 19.0. The Balaban J connectivity index is 1.39. The van der Waals surface area contributed by atoms with Crippen molar-refractivity contribution < 1.29 is 13.2 Å². The van der Waals surface area contributed by atoms with E-state index in [1.165, 1.54) is 4.31 Å². The van der Waals surface area contributed by atoms with Gasteiger partial charge in [-0.15, -0.1) is 0 Å². The summed E-state index contributed by atoms with van der Waals surface area (Å²) in [5.41, 5.74) is 0. The molecule has 1 aromatic rings. The molecule has 1 amide bonds. The minimum absolute atomic E-state index is 0.0692. The van der Waals surface area contributed by atoms with Gasteiger partial charge in [-0.3, -0.25) is 4.79 Å². The van der Waals surface area contributed by atoms with Crippen molar-refractivity contribution in [3.63, 3.8) is 0 Å². The summed E-state index contributed by atoms with van der Waals surface area (Å²) in [6, 6.07) is 1.76. The van der Waals surface area contributed by atoms with E-state index >= 15 is 0 Å². The highest BCUT2D eigenvalue weighted by Crippen LogP contribution is 2.24. The van der Waals surface area contributed by atoms with E-state index in [1.54, 1.807) is 18.5 Å². The molecule has 0 bridgehead atoms. The number of sulfonamides is 1. The van der Waals surface area contributed by atoms with Crippen LogP contribution in [0.3, 0.4) is 0 Å². The van der Waals surface area contributed by atoms with Crippen molar-refractivity contribution in [1.29, 1.82) is 0 Å². The maximum absolute atomic E-state index is 12.5. The highest BCUT2D eigenvalue weighted by atomic mass is 32.2. The lowest BCUT2D eigenvalue weighted by molar-refractivity contribution is -0.124. The van der Waals surface area contributed by atoms with Gasteiger partial charge in [0.05, 0.1) is 5.75 Å². The summed E-state index contributed by atoms with van der Waals surface area (Å²) >= 11 is 0. The summed E-state index contributed by atoms with van der Waals surface area (Å²) in [6.07, 6.45) is 7.97. The zero-order valence-corrected chi connectivity index (χ0v) is 15.8. The van der Waals surface area contributed by atoms with Crippen LogP contribution in [0.15, 0.2) is 18.5 Å². The SMILES string of the molecule is O=C(NCCCS(=O)(=O)N1CCN(c2ncccn2)CC1)C1CCCC1. The van der Waals surface area contributed by atoms with Crippen LogP contribution in [0.5, 0.6) is 0 Å². The molecule has 0 spiro atoms. The van der Waals surface area contributed by atoms with Crippen LogP contribution >= 0.6 is 0 Å². The summed E-state index contributed by atoms with van der Waals surface area (Å²) in [7, 11) is -3.29. The molecule has 1 aliphatic carbocycles. The van der Waals surface area contributed by atoms with Crippen molar-refractivity contribution in [2.75, 3.05) is 43.4 Å². The molecule has 2 fully saturated rings. The molecule has 1 N–H and O–H groups in total. The standard InChI is InChI=1S/C17H27N5O3S/c23-16(15-5-1-2-6-15)18-9-4-14-26(24,25)22-12-10-21(11-13-22)17-19-7-3-8-20-17/h3,7-8,15H,1-2,4-6,9-14H2,(H,18,23). The van der Waals surface area contributed by atoms with Crippen LogP contribution < -0.4 is 10.2 Å².